The molecule has 0 saturated carbocycles. The van der Waals surface area contributed by atoms with Gasteiger partial charge in [-0.3, -0.25) is 19.3 Å². The number of hydroxylamine groups is 2. The highest BCUT2D eigenvalue weighted by Gasteiger charge is 2.58. The number of imide groups is 1. The Kier molecular flexibility index (Phi) is 8.25. The molecule has 160 valence electrons. The Balaban J connectivity index is 1.42. The minimum Gasteiger partial charge on any atom is -0.284 e. The smallest absolute Gasteiger partial charge is 0.261 e. The van der Waals surface area contributed by atoms with Gasteiger partial charge in [-0.2, -0.15) is 5.06 Å². The third-order valence-electron chi connectivity index (χ3n) is 6.27. The van der Waals surface area contributed by atoms with Crippen LogP contribution in [0.4, 0.5) is 0 Å². The maximum Gasteiger partial charge on any atom is 0.261 e. The molecule has 2 heterocycles. The highest BCUT2D eigenvalue weighted by Crippen LogP contribution is 2.43. The van der Waals surface area contributed by atoms with Gasteiger partial charge in [0.2, 0.25) is 5.91 Å². The Bertz CT molecular complexity index is 663. The maximum atomic E-state index is 13.0. The first kappa shape index (κ1) is 22.0. The van der Waals surface area contributed by atoms with Crippen molar-refractivity contribution in [3.05, 3.63) is 35.9 Å². The largest absolute Gasteiger partial charge is 0.284 e. The summed E-state index contributed by atoms with van der Waals surface area (Å²) in [6.45, 7) is 2.77. The number of fused-ring (bicyclic) bond motifs is 1. The lowest BCUT2D eigenvalue weighted by Gasteiger charge is -2.24. The number of carbonyl (C=O) groups excluding carboxylic acids is 2. The van der Waals surface area contributed by atoms with Crippen molar-refractivity contribution in [3.63, 3.8) is 0 Å². The van der Waals surface area contributed by atoms with Gasteiger partial charge in [-0.15, -0.1) is 0 Å². The molecule has 1 aromatic rings. The topological polar surface area (TPSA) is 49.9 Å². The zero-order chi connectivity index (χ0) is 20.6. The Morgan fingerprint density at radius 2 is 1.41 bits per heavy atom. The number of rotatable bonds is 12. The number of hydrogen-bond donors (Lipinski definition) is 0. The molecule has 5 heteroatoms. The van der Waals surface area contributed by atoms with Crippen molar-refractivity contribution in [3.8, 4) is 0 Å². The first-order chi connectivity index (χ1) is 14.1. The van der Waals surface area contributed by atoms with Gasteiger partial charge in [0.15, 0.2) is 6.10 Å². The van der Waals surface area contributed by atoms with Gasteiger partial charge in [0.25, 0.3) is 5.91 Å². The Morgan fingerprint density at radius 3 is 2.03 bits per heavy atom. The second kappa shape index (κ2) is 10.9. The predicted octanol–water partition coefficient (Wildman–Crippen LogP) is 4.88. The summed E-state index contributed by atoms with van der Waals surface area (Å²) < 4.78 is 0. The Morgan fingerprint density at radius 1 is 0.828 bits per heavy atom. The summed E-state index contributed by atoms with van der Waals surface area (Å²) in [6, 6.07) is 9.66. The van der Waals surface area contributed by atoms with Crippen molar-refractivity contribution in [1.29, 1.82) is 0 Å². The summed E-state index contributed by atoms with van der Waals surface area (Å²) in [4.78, 5) is 33.0. The number of amides is 2. The molecule has 3 unspecified atom stereocenters. The fourth-order valence-corrected chi connectivity index (χ4v) is 4.65. The van der Waals surface area contributed by atoms with Crippen molar-refractivity contribution in [2.45, 2.75) is 83.3 Å². The van der Waals surface area contributed by atoms with Gasteiger partial charge >= 0.3 is 0 Å². The van der Waals surface area contributed by atoms with Crippen molar-refractivity contribution >= 4 is 11.8 Å². The molecular weight excluding hydrogens is 364 g/mol. The summed E-state index contributed by atoms with van der Waals surface area (Å²) in [6.07, 6.45) is 11.7. The van der Waals surface area contributed by atoms with E-state index in [1.54, 1.807) is 5.06 Å². The lowest BCUT2D eigenvalue weighted by Crippen LogP contribution is -2.36. The number of nitrogens with zero attached hydrogens (tertiary/aromatic N) is 2. The van der Waals surface area contributed by atoms with Gasteiger partial charge in [0.1, 0.15) is 0 Å². The van der Waals surface area contributed by atoms with Crippen molar-refractivity contribution < 1.29 is 14.4 Å². The highest BCUT2D eigenvalue weighted by atomic mass is 16.7. The summed E-state index contributed by atoms with van der Waals surface area (Å²) in [5.74, 6) is -0.673. The van der Waals surface area contributed by atoms with E-state index >= 15 is 0 Å². The predicted molar refractivity (Wildman–Crippen MR) is 114 cm³/mol. The van der Waals surface area contributed by atoms with E-state index in [1.165, 1.54) is 56.3 Å². The SMILES string of the molecule is CCCCCCCCCCCCN1C(=O)C2ON(C)C(c3ccccc3)C2C1=O. The van der Waals surface area contributed by atoms with E-state index in [2.05, 4.69) is 6.92 Å². The summed E-state index contributed by atoms with van der Waals surface area (Å²) in [5.41, 5.74) is 1.02. The van der Waals surface area contributed by atoms with Crippen LogP contribution in [0.5, 0.6) is 0 Å². The monoisotopic (exact) mass is 400 g/mol. The normalized spacial score (nSPS) is 24.5. The molecular formula is C24H36N2O3. The quantitative estimate of drug-likeness (QED) is 0.371. The lowest BCUT2D eigenvalue weighted by molar-refractivity contribution is -0.169. The van der Waals surface area contributed by atoms with Crippen LogP contribution in [0.25, 0.3) is 0 Å². The molecule has 0 aliphatic carbocycles. The van der Waals surface area contributed by atoms with Crippen LogP contribution < -0.4 is 0 Å². The van der Waals surface area contributed by atoms with Crippen LogP contribution in [0.3, 0.4) is 0 Å². The summed E-state index contributed by atoms with van der Waals surface area (Å²) in [7, 11) is 1.81. The van der Waals surface area contributed by atoms with E-state index in [-0.39, 0.29) is 17.9 Å². The number of carbonyl (C=O) groups is 2. The first-order valence-corrected chi connectivity index (χ1v) is 11.4. The molecule has 2 saturated heterocycles. The van der Waals surface area contributed by atoms with E-state index < -0.39 is 12.0 Å². The zero-order valence-electron chi connectivity index (χ0n) is 18.0. The molecule has 2 aliphatic heterocycles. The molecule has 0 bridgehead atoms. The van der Waals surface area contributed by atoms with Gasteiger partial charge in [-0.25, -0.2) is 0 Å². The standard InChI is InChI=1S/C24H36N2O3/c1-3-4-5-6-7-8-9-10-11-15-18-26-23(27)20-21(19-16-13-12-14-17-19)25(2)29-22(20)24(26)28/h12-14,16-17,20-22H,3-11,15,18H2,1-2H3. The average molecular weight is 401 g/mol. The third kappa shape index (κ3) is 5.26. The third-order valence-corrected chi connectivity index (χ3v) is 6.27. The van der Waals surface area contributed by atoms with Gasteiger partial charge < -0.3 is 0 Å². The number of hydrogen-bond acceptors (Lipinski definition) is 4. The van der Waals surface area contributed by atoms with Crippen LogP contribution >= 0.6 is 0 Å². The molecule has 2 aliphatic rings. The molecule has 29 heavy (non-hydrogen) atoms. The second-order valence-corrected chi connectivity index (χ2v) is 8.46. The van der Waals surface area contributed by atoms with E-state index in [4.69, 9.17) is 4.84 Å². The van der Waals surface area contributed by atoms with Crippen molar-refractivity contribution in [2.24, 2.45) is 5.92 Å². The molecule has 5 nitrogen and oxygen atoms in total. The minimum atomic E-state index is -0.666. The number of likely N-dealkylation sites (tertiary alicyclic amines) is 1. The average Bonchev–Trinajstić information content (AvgIpc) is 3.19. The highest BCUT2D eigenvalue weighted by molar-refractivity contribution is 6.07. The Hall–Kier alpha value is -1.72. The van der Waals surface area contributed by atoms with E-state index in [9.17, 15) is 9.59 Å². The Labute approximate surface area is 175 Å². The van der Waals surface area contributed by atoms with Gasteiger partial charge in [0, 0.05) is 13.6 Å². The molecule has 1 aromatic carbocycles. The number of benzene rings is 1. The van der Waals surface area contributed by atoms with E-state index in [0.29, 0.717) is 6.54 Å². The van der Waals surface area contributed by atoms with Crippen LogP contribution in [-0.2, 0) is 14.4 Å². The fraction of sp³-hybridized carbons (Fsp3) is 0.667. The summed E-state index contributed by atoms with van der Waals surface area (Å²) in [5, 5.41) is 1.68. The van der Waals surface area contributed by atoms with E-state index in [1.807, 2.05) is 37.4 Å². The zero-order valence-corrected chi connectivity index (χ0v) is 18.0. The van der Waals surface area contributed by atoms with Crippen LogP contribution in [0.15, 0.2) is 30.3 Å². The van der Waals surface area contributed by atoms with Gasteiger partial charge in [-0.05, 0) is 12.0 Å². The number of unbranched alkanes of at least 4 members (excludes halogenated alkanes) is 9. The van der Waals surface area contributed by atoms with Crippen molar-refractivity contribution in [1.82, 2.24) is 9.96 Å². The molecule has 0 N–H and O–H groups in total. The molecule has 3 atom stereocenters. The van der Waals surface area contributed by atoms with Crippen LogP contribution in [-0.4, -0.2) is 41.5 Å². The molecule has 0 spiro atoms. The van der Waals surface area contributed by atoms with Gasteiger partial charge in [-0.1, -0.05) is 95.0 Å². The first-order valence-electron chi connectivity index (χ1n) is 11.4. The van der Waals surface area contributed by atoms with Crippen molar-refractivity contribution in [2.75, 3.05) is 13.6 Å². The molecule has 0 aromatic heterocycles. The lowest BCUT2D eigenvalue weighted by atomic mass is 9.91. The fourth-order valence-electron chi connectivity index (χ4n) is 4.65. The maximum absolute atomic E-state index is 13.0. The van der Waals surface area contributed by atoms with Crippen LogP contribution in [0, 0.1) is 5.92 Å². The van der Waals surface area contributed by atoms with E-state index in [0.717, 1.165) is 18.4 Å². The molecule has 3 rings (SSSR count). The molecule has 0 radical (unpaired) electrons. The van der Waals surface area contributed by atoms with Crippen LogP contribution in [0.2, 0.25) is 0 Å². The second-order valence-electron chi connectivity index (χ2n) is 8.46. The van der Waals surface area contributed by atoms with Crippen LogP contribution in [0.1, 0.15) is 82.7 Å². The van der Waals surface area contributed by atoms with Gasteiger partial charge in [0.05, 0.1) is 12.0 Å². The molecule has 2 fully saturated rings. The molecule has 2 amide bonds. The minimum absolute atomic E-state index is 0.0749. The summed E-state index contributed by atoms with van der Waals surface area (Å²) >= 11 is 0.